The summed E-state index contributed by atoms with van der Waals surface area (Å²) in [4.78, 5) is 11.8. The summed E-state index contributed by atoms with van der Waals surface area (Å²) < 4.78 is 5.87. The number of aromatic hydroxyl groups is 1. The summed E-state index contributed by atoms with van der Waals surface area (Å²) in [6, 6.07) is 11.4. The number of benzene rings is 2. The molecule has 0 unspecified atom stereocenters. The Labute approximate surface area is 118 Å². The SMILES string of the molecule is Nc1cc(Br)cc(C(=O)OCc2cccc(O)c2)c1. The summed E-state index contributed by atoms with van der Waals surface area (Å²) in [6.07, 6.45) is 0. The van der Waals surface area contributed by atoms with Gasteiger partial charge in [0.15, 0.2) is 0 Å². The first-order chi connectivity index (χ1) is 9.04. The zero-order chi connectivity index (χ0) is 13.8. The summed E-state index contributed by atoms with van der Waals surface area (Å²) in [5.41, 5.74) is 7.24. The number of nitrogen functional groups attached to an aromatic ring is 1. The van der Waals surface area contributed by atoms with Crippen LogP contribution in [0.4, 0.5) is 5.69 Å². The maximum absolute atomic E-state index is 11.8. The van der Waals surface area contributed by atoms with Crippen molar-refractivity contribution in [2.75, 3.05) is 5.73 Å². The monoisotopic (exact) mass is 321 g/mol. The van der Waals surface area contributed by atoms with Gasteiger partial charge in [0.2, 0.25) is 0 Å². The van der Waals surface area contributed by atoms with E-state index in [0.717, 1.165) is 10.0 Å². The molecule has 4 nitrogen and oxygen atoms in total. The maximum atomic E-state index is 11.8. The predicted octanol–water partition coefficient (Wildman–Crippen LogP) is 3.09. The van der Waals surface area contributed by atoms with Gasteiger partial charge >= 0.3 is 5.97 Å². The molecule has 2 aromatic rings. The lowest BCUT2D eigenvalue weighted by Crippen LogP contribution is -2.06. The van der Waals surface area contributed by atoms with Gasteiger partial charge in [0.25, 0.3) is 0 Å². The van der Waals surface area contributed by atoms with Gasteiger partial charge < -0.3 is 15.6 Å². The van der Waals surface area contributed by atoms with Crippen LogP contribution in [0.25, 0.3) is 0 Å². The minimum atomic E-state index is -0.462. The van der Waals surface area contributed by atoms with Crippen LogP contribution < -0.4 is 5.73 Å². The number of carbonyl (C=O) groups is 1. The average Bonchev–Trinajstić information content (AvgIpc) is 2.35. The molecule has 0 heterocycles. The molecule has 0 aliphatic carbocycles. The molecule has 0 aliphatic heterocycles. The lowest BCUT2D eigenvalue weighted by molar-refractivity contribution is 0.0472. The second-order valence-electron chi connectivity index (χ2n) is 4.02. The Balaban J connectivity index is 2.05. The predicted molar refractivity (Wildman–Crippen MR) is 75.8 cm³/mol. The van der Waals surface area contributed by atoms with Crippen molar-refractivity contribution in [1.29, 1.82) is 0 Å². The highest BCUT2D eigenvalue weighted by Crippen LogP contribution is 2.19. The molecule has 0 saturated heterocycles. The molecule has 0 atom stereocenters. The van der Waals surface area contributed by atoms with Gasteiger partial charge in [-0.05, 0) is 35.9 Å². The van der Waals surface area contributed by atoms with Crippen LogP contribution in [0.15, 0.2) is 46.9 Å². The Morgan fingerprint density at radius 1 is 1.26 bits per heavy atom. The zero-order valence-electron chi connectivity index (χ0n) is 9.97. The summed E-state index contributed by atoms with van der Waals surface area (Å²) in [7, 11) is 0. The molecule has 0 saturated carbocycles. The molecule has 19 heavy (non-hydrogen) atoms. The largest absolute Gasteiger partial charge is 0.508 e. The minimum absolute atomic E-state index is 0.0969. The average molecular weight is 322 g/mol. The second kappa shape index (κ2) is 5.75. The number of ether oxygens (including phenoxy) is 1. The fourth-order valence-electron chi connectivity index (χ4n) is 1.61. The van der Waals surface area contributed by atoms with Crippen LogP contribution in [0.1, 0.15) is 15.9 Å². The minimum Gasteiger partial charge on any atom is -0.508 e. The van der Waals surface area contributed by atoms with E-state index in [-0.39, 0.29) is 12.4 Å². The summed E-state index contributed by atoms with van der Waals surface area (Å²) >= 11 is 3.27. The number of nitrogens with two attached hydrogens (primary N) is 1. The lowest BCUT2D eigenvalue weighted by Gasteiger charge is -2.06. The van der Waals surface area contributed by atoms with Crippen LogP contribution in [0, 0.1) is 0 Å². The molecule has 0 aliphatic rings. The van der Waals surface area contributed by atoms with Crippen molar-refractivity contribution in [3.63, 3.8) is 0 Å². The highest BCUT2D eigenvalue weighted by Gasteiger charge is 2.09. The van der Waals surface area contributed by atoms with Gasteiger partial charge in [-0.2, -0.15) is 0 Å². The first-order valence-corrected chi connectivity index (χ1v) is 6.35. The smallest absolute Gasteiger partial charge is 0.338 e. The molecule has 3 N–H and O–H groups in total. The Hall–Kier alpha value is -2.01. The number of carbonyl (C=O) groups excluding carboxylic acids is 1. The van der Waals surface area contributed by atoms with Crippen molar-refractivity contribution in [2.24, 2.45) is 0 Å². The van der Waals surface area contributed by atoms with E-state index in [1.165, 1.54) is 0 Å². The van der Waals surface area contributed by atoms with E-state index in [2.05, 4.69) is 15.9 Å². The molecule has 2 aromatic carbocycles. The quantitative estimate of drug-likeness (QED) is 0.673. The fourth-order valence-corrected chi connectivity index (χ4v) is 2.12. The number of hydrogen-bond donors (Lipinski definition) is 2. The van der Waals surface area contributed by atoms with E-state index in [1.807, 2.05) is 0 Å². The second-order valence-corrected chi connectivity index (χ2v) is 4.93. The Morgan fingerprint density at radius 2 is 2.05 bits per heavy atom. The standard InChI is InChI=1S/C14H12BrNO3/c15-11-5-10(6-12(16)7-11)14(18)19-8-9-2-1-3-13(17)4-9/h1-7,17H,8,16H2. The maximum Gasteiger partial charge on any atom is 0.338 e. The third-order valence-corrected chi connectivity index (χ3v) is 2.89. The summed E-state index contributed by atoms with van der Waals surface area (Å²) in [5.74, 6) is -0.323. The van der Waals surface area contributed by atoms with E-state index in [4.69, 9.17) is 10.5 Å². The Kier molecular flexibility index (Phi) is 4.06. The third kappa shape index (κ3) is 3.72. The highest BCUT2D eigenvalue weighted by atomic mass is 79.9. The van der Waals surface area contributed by atoms with Crippen molar-refractivity contribution in [2.45, 2.75) is 6.61 Å². The van der Waals surface area contributed by atoms with Gasteiger partial charge in [-0.25, -0.2) is 4.79 Å². The molecular formula is C14H12BrNO3. The van der Waals surface area contributed by atoms with Crippen LogP contribution >= 0.6 is 15.9 Å². The number of anilines is 1. The molecule has 2 rings (SSSR count). The van der Waals surface area contributed by atoms with Gasteiger partial charge in [0, 0.05) is 10.2 Å². The number of phenols is 1. The number of hydrogen-bond acceptors (Lipinski definition) is 4. The topological polar surface area (TPSA) is 72.6 Å². The van der Waals surface area contributed by atoms with E-state index in [9.17, 15) is 9.90 Å². The molecular weight excluding hydrogens is 310 g/mol. The summed E-state index contributed by atoms with van der Waals surface area (Å²) in [5, 5.41) is 9.30. The van der Waals surface area contributed by atoms with E-state index >= 15 is 0 Å². The van der Waals surface area contributed by atoms with Crippen molar-refractivity contribution >= 4 is 27.6 Å². The normalized spacial score (nSPS) is 10.2. The molecule has 0 spiro atoms. The van der Waals surface area contributed by atoms with E-state index in [1.54, 1.807) is 42.5 Å². The van der Waals surface area contributed by atoms with Gasteiger partial charge in [-0.3, -0.25) is 0 Å². The van der Waals surface area contributed by atoms with Crippen LogP contribution in [-0.4, -0.2) is 11.1 Å². The van der Waals surface area contributed by atoms with Crippen LogP contribution in [0.2, 0.25) is 0 Å². The van der Waals surface area contributed by atoms with E-state index < -0.39 is 5.97 Å². The number of rotatable bonds is 3. The van der Waals surface area contributed by atoms with Gasteiger partial charge in [-0.15, -0.1) is 0 Å². The molecule has 98 valence electrons. The molecule has 0 bridgehead atoms. The lowest BCUT2D eigenvalue weighted by atomic mass is 10.2. The first kappa shape index (κ1) is 13.4. The number of halogens is 1. The van der Waals surface area contributed by atoms with Crippen molar-refractivity contribution < 1.29 is 14.6 Å². The molecule has 5 heteroatoms. The Morgan fingerprint density at radius 3 is 2.74 bits per heavy atom. The van der Waals surface area contributed by atoms with Crippen molar-refractivity contribution in [3.05, 3.63) is 58.1 Å². The van der Waals surface area contributed by atoms with Gasteiger partial charge in [-0.1, -0.05) is 28.1 Å². The fraction of sp³-hybridized carbons (Fsp3) is 0.0714. The number of esters is 1. The van der Waals surface area contributed by atoms with E-state index in [0.29, 0.717) is 11.3 Å². The number of phenolic OH excluding ortho intramolecular Hbond substituents is 1. The first-order valence-electron chi connectivity index (χ1n) is 5.56. The van der Waals surface area contributed by atoms with Crippen molar-refractivity contribution in [1.82, 2.24) is 0 Å². The zero-order valence-corrected chi connectivity index (χ0v) is 11.6. The van der Waals surface area contributed by atoms with Crippen LogP contribution in [0.3, 0.4) is 0 Å². The van der Waals surface area contributed by atoms with Crippen LogP contribution in [-0.2, 0) is 11.3 Å². The third-order valence-electron chi connectivity index (χ3n) is 2.44. The molecule has 0 amide bonds. The van der Waals surface area contributed by atoms with Gasteiger partial charge in [0.1, 0.15) is 12.4 Å². The molecule has 0 aromatic heterocycles. The Bertz CT molecular complexity index is 593. The highest BCUT2D eigenvalue weighted by molar-refractivity contribution is 9.10. The molecule has 0 radical (unpaired) electrons. The summed E-state index contributed by atoms with van der Waals surface area (Å²) in [6.45, 7) is 0.0969. The van der Waals surface area contributed by atoms with Crippen molar-refractivity contribution in [3.8, 4) is 5.75 Å². The van der Waals surface area contributed by atoms with Crippen LogP contribution in [0.5, 0.6) is 5.75 Å². The molecule has 0 fully saturated rings. The van der Waals surface area contributed by atoms with Gasteiger partial charge in [0.05, 0.1) is 5.56 Å².